The Labute approximate surface area is 83.0 Å². The Kier molecular flexibility index (Phi) is 2.32. The Morgan fingerprint density at radius 1 is 1.64 bits per heavy atom. The second-order valence-electron chi connectivity index (χ2n) is 3.77. The number of hydrogen-bond acceptors (Lipinski definition) is 3. The number of carbonyl (C=O) groups excluding carboxylic acids is 1. The average Bonchev–Trinajstić information content (AvgIpc) is 2.55. The van der Waals surface area contributed by atoms with Crippen LogP contribution in [-0.4, -0.2) is 13.1 Å². The number of esters is 1. The molecule has 3 heteroatoms. The number of carbonyl (C=O) groups is 1. The standard InChI is InChI=1S/C11H14O3/c1-7-5-8-3-4-9(11(12)13-2)6-10(8)14-7/h5,9H,3-4,6H2,1-2H3. The number of rotatable bonds is 1. The van der Waals surface area contributed by atoms with Gasteiger partial charge in [0.05, 0.1) is 13.0 Å². The monoisotopic (exact) mass is 194 g/mol. The first-order valence-electron chi connectivity index (χ1n) is 4.86. The fourth-order valence-corrected chi connectivity index (χ4v) is 2.02. The van der Waals surface area contributed by atoms with Gasteiger partial charge in [-0.3, -0.25) is 4.79 Å². The van der Waals surface area contributed by atoms with E-state index < -0.39 is 0 Å². The molecule has 0 saturated heterocycles. The van der Waals surface area contributed by atoms with Crippen LogP contribution in [0.5, 0.6) is 0 Å². The highest BCUT2D eigenvalue weighted by molar-refractivity contribution is 5.73. The summed E-state index contributed by atoms with van der Waals surface area (Å²) < 4.78 is 10.3. The third-order valence-electron chi connectivity index (χ3n) is 2.75. The van der Waals surface area contributed by atoms with Gasteiger partial charge in [0.1, 0.15) is 11.5 Å². The Hall–Kier alpha value is -1.25. The molecule has 1 aromatic heterocycles. The van der Waals surface area contributed by atoms with E-state index in [9.17, 15) is 4.79 Å². The third-order valence-corrected chi connectivity index (χ3v) is 2.75. The molecule has 0 fully saturated rings. The lowest BCUT2D eigenvalue weighted by Gasteiger charge is -2.18. The van der Waals surface area contributed by atoms with Gasteiger partial charge >= 0.3 is 5.97 Å². The summed E-state index contributed by atoms with van der Waals surface area (Å²) in [6.07, 6.45) is 2.49. The first kappa shape index (κ1) is 9.31. The zero-order valence-corrected chi connectivity index (χ0v) is 8.50. The molecule has 1 heterocycles. The van der Waals surface area contributed by atoms with Gasteiger partial charge in [0.25, 0.3) is 0 Å². The van der Waals surface area contributed by atoms with Crippen molar-refractivity contribution in [2.75, 3.05) is 7.11 Å². The largest absolute Gasteiger partial charge is 0.469 e. The van der Waals surface area contributed by atoms with Crippen LogP contribution >= 0.6 is 0 Å². The first-order chi connectivity index (χ1) is 6.70. The van der Waals surface area contributed by atoms with E-state index in [1.165, 1.54) is 12.7 Å². The van der Waals surface area contributed by atoms with E-state index >= 15 is 0 Å². The summed E-state index contributed by atoms with van der Waals surface area (Å²) in [6.45, 7) is 1.94. The lowest BCUT2D eigenvalue weighted by molar-refractivity contribution is -0.145. The number of hydrogen-bond donors (Lipinski definition) is 0. The van der Waals surface area contributed by atoms with Crippen LogP contribution < -0.4 is 0 Å². The molecule has 0 bridgehead atoms. The smallest absolute Gasteiger partial charge is 0.309 e. The van der Waals surface area contributed by atoms with Gasteiger partial charge in [-0.05, 0) is 31.4 Å². The van der Waals surface area contributed by atoms with Crippen LogP contribution in [0, 0.1) is 12.8 Å². The van der Waals surface area contributed by atoms with Crippen molar-refractivity contribution in [2.45, 2.75) is 26.2 Å². The molecule has 0 N–H and O–H groups in total. The van der Waals surface area contributed by atoms with Gasteiger partial charge in [0.2, 0.25) is 0 Å². The summed E-state index contributed by atoms with van der Waals surface area (Å²) in [5, 5.41) is 0. The van der Waals surface area contributed by atoms with E-state index in [2.05, 4.69) is 6.07 Å². The van der Waals surface area contributed by atoms with Gasteiger partial charge < -0.3 is 9.15 Å². The quantitative estimate of drug-likeness (QED) is 0.640. The predicted molar refractivity (Wildman–Crippen MR) is 51.0 cm³/mol. The maximum Gasteiger partial charge on any atom is 0.309 e. The van der Waals surface area contributed by atoms with Crippen molar-refractivity contribution in [3.05, 3.63) is 23.2 Å². The Bertz CT molecular complexity index is 351. The SMILES string of the molecule is COC(=O)C1CCc2cc(C)oc2C1. The Morgan fingerprint density at radius 3 is 3.14 bits per heavy atom. The van der Waals surface area contributed by atoms with Crippen molar-refractivity contribution in [1.82, 2.24) is 0 Å². The van der Waals surface area contributed by atoms with Crippen molar-refractivity contribution in [1.29, 1.82) is 0 Å². The Balaban J connectivity index is 2.16. The van der Waals surface area contributed by atoms with E-state index in [-0.39, 0.29) is 11.9 Å². The highest BCUT2D eigenvalue weighted by Crippen LogP contribution is 2.28. The number of aryl methyl sites for hydroxylation is 2. The summed E-state index contributed by atoms with van der Waals surface area (Å²) in [5.74, 6) is 1.76. The van der Waals surface area contributed by atoms with Crippen molar-refractivity contribution < 1.29 is 13.9 Å². The molecule has 3 nitrogen and oxygen atoms in total. The minimum atomic E-state index is -0.121. The van der Waals surface area contributed by atoms with Crippen molar-refractivity contribution in [2.24, 2.45) is 5.92 Å². The van der Waals surface area contributed by atoms with Crippen molar-refractivity contribution in [3.63, 3.8) is 0 Å². The van der Waals surface area contributed by atoms with E-state index in [4.69, 9.17) is 9.15 Å². The topological polar surface area (TPSA) is 39.4 Å². The van der Waals surface area contributed by atoms with Gasteiger partial charge in [0, 0.05) is 6.42 Å². The molecule has 0 spiro atoms. The molecule has 76 valence electrons. The molecule has 1 aliphatic rings. The first-order valence-corrected chi connectivity index (χ1v) is 4.86. The average molecular weight is 194 g/mol. The second-order valence-corrected chi connectivity index (χ2v) is 3.77. The molecule has 1 unspecified atom stereocenters. The molecule has 1 aromatic rings. The maximum atomic E-state index is 11.3. The van der Waals surface area contributed by atoms with Crippen LogP contribution in [-0.2, 0) is 22.4 Å². The van der Waals surface area contributed by atoms with E-state index in [0.29, 0.717) is 6.42 Å². The molecule has 14 heavy (non-hydrogen) atoms. The van der Waals surface area contributed by atoms with Gasteiger partial charge in [-0.1, -0.05) is 0 Å². The molecule has 0 saturated carbocycles. The lowest BCUT2D eigenvalue weighted by atomic mass is 9.88. The summed E-state index contributed by atoms with van der Waals surface area (Å²) in [5.41, 5.74) is 1.25. The maximum absolute atomic E-state index is 11.3. The molecule has 1 aliphatic carbocycles. The molecule has 0 amide bonds. The molecule has 2 rings (SSSR count). The predicted octanol–water partition coefficient (Wildman–Crippen LogP) is 1.87. The van der Waals surface area contributed by atoms with Gasteiger partial charge in [-0.25, -0.2) is 0 Å². The number of fused-ring (bicyclic) bond motifs is 1. The van der Waals surface area contributed by atoms with Crippen molar-refractivity contribution >= 4 is 5.97 Å². The van der Waals surface area contributed by atoms with E-state index in [1.54, 1.807) is 0 Å². The molecular formula is C11H14O3. The van der Waals surface area contributed by atoms with Crippen LogP contribution in [0.25, 0.3) is 0 Å². The molecule has 0 aromatic carbocycles. The molecular weight excluding hydrogens is 180 g/mol. The summed E-state index contributed by atoms with van der Waals surface area (Å²) in [7, 11) is 1.44. The fraction of sp³-hybridized carbons (Fsp3) is 0.545. The van der Waals surface area contributed by atoms with Crippen molar-refractivity contribution in [3.8, 4) is 0 Å². The minimum absolute atomic E-state index is 0.0157. The Morgan fingerprint density at radius 2 is 2.43 bits per heavy atom. The minimum Gasteiger partial charge on any atom is -0.469 e. The van der Waals surface area contributed by atoms with Crippen LogP contribution in [0.3, 0.4) is 0 Å². The summed E-state index contributed by atoms with van der Waals surface area (Å²) >= 11 is 0. The van der Waals surface area contributed by atoms with Crippen LogP contribution in [0.4, 0.5) is 0 Å². The zero-order chi connectivity index (χ0) is 10.1. The fourth-order valence-electron chi connectivity index (χ4n) is 2.02. The van der Waals surface area contributed by atoms with Crippen LogP contribution in [0.15, 0.2) is 10.5 Å². The number of ether oxygens (including phenoxy) is 1. The van der Waals surface area contributed by atoms with E-state index in [0.717, 1.165) is 24.4 Å². The van der Waals surface area contributed by atoms with Gasteiger partial charge in [0.15, 0.2) is 0 Å². The van der Waals surface area contributed by atoms with Gasteiger partial charge in [-0.2, -0.15) is 0 Å². The normalized spacial score (nSPS) is 20.3. The highest BCUT2D eigenvalue weighted by atomic mass is 16.5. The molecule has 0 radical (unpaired) electrons. The molecule has 1 atom stereocenters. The van der Waals surface area contributed by atoms with Crippen LogP contribution in [0.1, 0.15) is 23.5 Å². The summed E-state index contributed by atoms with van der Waals surface area (Å²) in [4.78, 5) is 11.3. The van der Waals surface area contributed by atoms with E-state index in [1.807, 2.05) is 6.92 Å². The number of furan rings is 1. The highest BCUT2D eigenvalue weighted by Gasteiger charge is 2.27. The third kappa shape index (κ3) is 1.54. The summed E-state index contributed by atoms with van der Waals surface area (Å²) in [6, 6.07) is 2.06. The van der Waals surface area contributed by atoms with Gasteiger partial charge in [-0.15, -0.1) is 0 Å². The van der Waals surface area contributed by atoms with Crippen LogP contribution in [0.2, 0.25) is 0 Å². The molecule has 0 aliphatic heterocycles. The second kappa shape index (κ2) is 3.48. The lowest BCUT2D eigenvalue weighted by Crippen LogP contribution is -2.22. The zero-order valence-electron chi connectivity index (χ0n) is 8.50. The number of methoxy groups -OCH3 is 1.